The Hall–Kier alpha value is -3.16. The molecule has 0 aromatic heterocycles. The second kappa shape index (κ2) is 9.13. The van der Waals surface area contributed by atoms with Crippen LogP contribution in [0.3, 0.4) is 0 Å². The first-order chi connectivity index (χ1) is 16.8. The van der Waals surface area contributed by atoms with Crippen LogP contribution in [0.15, 0.2) is 42.5 Å². The topological polar surface area (TPSA) is 90.1 Å². The maximum absolute atomic E-state index is 13.2. The number of amides is 2. The Labute approximate surface area is 206 Å². The number of fused-ring (bicyclic) bond motifs is 1. The molecule has 2 amide bonds. The van der Waals surface area contributed by atoms with Gasteiger partial charge in [0.2, 0.25) is 0 Å². The highest BCUT2D eigenvalue weighted by Crippen LogP contribution is 2.37. The third-order valence-corrected chi connectivity index (χ3v) is 7.53. The van der Waals surface area contributed by atoms with E-state index >= 15 is 0 Å². The summed E-state index contributed by atoms with van der Waals surface area (Å²) in [6.45, 7) is 3.33. The Morgan fingerprint density at radius 2 is 1.80 bits per heavy atom. The summed E-state index contributed by atoms with van der Waals surface area (Å²) in [5.41, 5.74) is 2.81. The van der Waals surface area contributed by atoms with E-state index in [1.807, 2.05) is 38.2 Å². The van der Waals surface area contributed by atoms with E-state index in [2.05, 4.69) is 24.3 Å². The van der Waals surface area contributed by atoms with Crippen molar-refractivity contribution in [3.63, 3.8) is 0 Å². The minimum absolute atomic E-state index is 0.0267. The van der Waals surface area contributed by atoms with E-state index in [0.29, 0.717) is 38.0 Å². The number of piperazine rings is 1. The molecular weight excluding hydrogens is 440 g/mol. The maximum Gasteiger partial charge on any atom is 0.254 e. The van der Waals surface area contributed by atoms with Gasteiger partial charge in [0.15, 0.2) is 0 Å². The van der Waals surface area contributed by atoms with E-state index in [0.717, 1.165) is 36.1 Å². The van der Waals surface area contributed by atoms with Gasteiger partial charge in [-0.2, -0.15) is 0 Å². The van der Waals surface area contributed by atoms with Crippen molar-refractivity contribution < 1.29 is 14.7 Å². The fraction of sp³-hybridized carbons (Fsp3) is 0.429. The van der Waals surface area contributed by atoms with Crippen LogP contribution in [-0.4, -0.2) is 70.1 Å². The van der Waals surface area contributed by atoms with Crippen molar-refractivity contribution in [3.05, 3.63) is 58.5 Å². The molecule has 0 bridgehead atoms. The van der Waals surface area contributed by atoms with E-state index in [4.69, 9.17) is 5.84 Å². The molecule has 184 valence electrons. The highest BCUT2D eigenvalue weighted by Gasteiger charge is 2.51. The van der Waals surface area contributed by atoms with Crippen LogP contribution < -0.4 is 16.3 Å². The Morgan fingerprint density at radius 3 is 2.46 bits per heavy atom. The number of hydrogen-bond acceptors (Lipinski definition) is 5. The van der Waals surface area contributed by atoms with Crippen molar-refractivity contribution in [2.75, 3.05) is 26.7 Å². The van der Waals surface area contributed by atoms with Gasteiger partial charge in [0.05, 0.1) is 0 Å². The quantitative estimate of drug-likeness (QED) is 0.517. The summed E-state index contributed by atoms with van der Waals surface area (Å²) in [5, 5.41) is 14.3. The molecule has 3 aliphatic rings. The van der Waals surface area contributed by atoms with Crippen molar-refractivity contribution in [1.82, 2.24) is 14.8 Å². The Morgan fingerprint density at radius 1 is 1.09 bits per heavy atom. The SMILES string of the molecule is CC1CN(C(=O)c2ccc(-c3ccc4c(c3)=CCCCC=4N(C)N)cc2)CCN1C(=O)C1(O)CC1. The lowest BCUT2D eigenvalue weighted by molar-refractivity contribution is -0.146. The molecule has 35 heavy (non-hydrogen) atoms. The number of hydrogen-bond donors (Lipinski definition) is 2. The standard InChI is InChI=1S/C28H34N4O3/c1-19-18-31(15-16-32(19)27(34)28(35)13-14-28)26(33)21-9-7-20(8-10-21)22-11-12-24-23(17-22)5-3-4-6-25(24)30(2)29/h5,7-12,17,19,35H,3-4,6,13-16,18,29H2,1-2H3. The van der Waals surface area contributed by atoms with Gasteiger partial charge in [-0.15, -0.1) is 0 Å². The molecule has 1 unspecified atom stereocenters. The first-order valence-corrected chi connectivity index (χ1v) is 12.5. The first-order valence-electron chi connectivity index (χ1n) is 12.5. The van der Waals surface area contributed by atoms with E-state index in [1.165, 1.54) is 10.4 Å². The lowest BCUT2D eigenvalue weighted by Gasteiger charge is -2.40. The summed E-state index contributed by atoms with van der Waals surface area (Å²) in [4.78, 5) is 29.2. The monoisotopic (exact) mass is 474 g/mol. The van der Waals surface area contributed by atoms with Gasteiger partial charge in [0, 0.05) is 49.2 Å². The van der Waals surface area contributed by atoms with E-state index in [9.17, 15) is 14.7 Å². The second-order valence-corrected chi connectivity index (χ2v) is 10.2. The minimum atomic E-state index is -1.16. The van der Waals surface area contributed by atoms with Crippen molar-refractivity contribution in [1.29, 1.82) is 0 Å². The van der Waals surface area contributed by atoms with Crippen LogP contribution in [0, 0.1) is 0 Å². The summed E-state index contributed by atoms with van der Waals surface area (Å²) in [5.74, 6) is 5.86. The largest absolute Gasteiger partial charge is 0.380 e. The maximum atomic E-state index is 13.2. The van der Waals surface area contributed by atoms with Crippen LogP contribution in [0.1, 0.15) is 49.4 Å². The molecule has 7 nitrogen and oxygen atoms in total. The zero-order valence-corrected chi connectivity index (χ0v) is 20.5. The number of nitrogens with zero attached hydrogens (tertiary/aromatic N) is 3. The summed E-state index contributed by atoms with van der Waals surface area (Å²) >= 11 is 0. The number of nitrogens with two attached hydrogens (primary N) is 1. The zero-order chi connectivity index (χ0) is 24.7. The van der Waals surface area contributed by atoms with Crippen molar-refractivity contribution in [2.45, 2.75) is 50.7 Å². The smallest absolute Gasteiger partial charge is 0.254 e. The molecule has 2 aromatic rings. The number of carbonyl (C=O) groups is 2. The molecule has 5 rings (SSSR count). The lowest BCUT2D eigenvalue weighted by Crippen LogP contribution is -2.57. The average Bonchev–Trinajstić information content (AvgIpc) is 3.65. The number of aliphatic hydroxyl groups is 1. The van der Waals surface area contributed by atoms with Crippen molar-refractivity contribution >= 4 is 23.6 Å². The number of carbonyl (C=O) groups excluding carboxylic acids is 2. The van der Waals surface area contributed by atoms with Gasteiger partial charge in [-0.05, 0) is 73.6 Å². The van der Waals surface area contributed by atoms with Gasteiger partial charge in [0.1, 0.15) is 5.60 Å². The van der Waals surface area contributed by atoms with Gasteiger partial charge in [-0.25, -0.2) is 5.84 Å². The molecule has 1 aliphatic heterocycles. The van der Waals surface area contributed by atoms with E-state index in [-0.39, 0.29) is 17.9 Å². The normalized spacial score (nSPS) is 21.0. The Balaban J connectivity index is 1.31. The van der Waals surface area contributed by atoms with Gasteiger partial charge in [0.25, 0.3) is 11.8 Å². The summed E-state index contributed by atoms with van der Waals surface area (Å²) in [7, 11) is 1.89. The van der Waals surface area contributed by atoms with Crippen LogP contribution in [0.2, 0.25) is 0 Å². The molecule has 3 N–H and O–H groups in total. The van der Waals surface area contributed by atoms with Crippen LogP contribution in [0.25, 0.3) is 22.9 Å². The highest BCUT2D eigenvalue weighted by atomic mass is 16.3. The van der Waals surface area contributed by atoms with E-state index < -0.39 is 5.60 Å². The second-order valence-electron chi connectivity index (χ2n) is 10.2. The predicted octanol–water partition coefficient (Wildman–Crippen LogP) is 1.43. The molecule has 2 aromatic carbocycles. The van der Waals surface area contributed by atoms with Gasteiger partial charge < -0.3 is 19.9 Å². The third-order valence-electron chi connectivity index (χ3n) is 7.53. The zero-order valence-electron chi connectivity index (χ0n) is 20.5. The van der Waals surface area contributed by atoms with Gasteiger partial charge in [-0.3, -0.25) is 9.59 Å². The molecule has 1 atom stereocenters. The average molecular weight is 475 g/mol. The third kappa shape index (κ3) is 4.58. The van der Waals surface area contributed by atoms with Crippen LogP contribution in [0.4, 0.5) is 0 Å². The lowest BCUT2D eigenvalue weighted by atomic mass is 10.0. The summed E-state index contributed by atoms with van der Waals surface area (Å²) in [6, 6.07) is 14.1. The Bertz CT molecular complexity index is 1260. The van der Waals surface area contributed by atoms with Crippen LogP contribution in [0.5, 0.6) is 0 Å². The molecule has 2 fully saturated rings. The molecule has 2 aliphatic carbocycles. The molecule has 0 spiro atoms. The summed E-state index contributed by atoms with van der Waals surface area (Å²) < 4.78 is 0. The van der Waals surface area contributed by atoms with Crippen molar-refractivity contribution in [3.8, 4) is 11.1 Å². The molecule has 1 heterocycles. The number of rotatable bonds is 4. The van der Waals surface area contributed by atoms with Gasteiger partial charge >= 0.3 is 0 Å². The Kier molecular flexibility index (Phi) is 6.15. The predicted molar refractivity (Wildman–Crippen MR) is 136 cm³/mol. The van der Waals surface area contributed by atoms with E-state index in [1.54, 1.807) is 14.8 Å². The summed E-state index contributed by atoms with van der Waals surface area (Å²) in [6.07, 6.45) is 6.43. The fourth-order valence-corrected chi connectivity index (χ4v) is 5.23. The van der Waals surface area contributed by atoms with Gasteiger partial charge in [-0.1, -0.05) is 30.3 Å². The van der Waals surface area contributed by atoms with Crippen LogP contribution in [-0.2, 0) is 4.79 Å². The molecular formula is C28H34N4O3. The van der Waals surface area contributed by atoms with Crippen molar-refractivity contribution in [2.24, 2.45) is 5.84 Å². The minimum Gasteiger partial charge on any atom is -0.380 e. The number of benzene rings is 2. The fourth-order valence-electron chi connectivity index (χ4n) is 5.23. The first kappa shape index (κ1) is 23.6. The van der Waals surface area contributed by atoms with Crippen LogP contribution >= 0.6 is 0 Å². The molecule has 7 heteroatoms. The molecule has 0 radical (unpaired) electrons. The molecule has 1 saturated carbocycles. The number of hydrazine groups is 1. The highest BCUT2D eigenvalue weighted by molar-refractivity contribution is 5.95. The molecule has 1 saturated heterocycles.